The maximum atomic E-state index is 12.5. The van der Waals surface area contributed by atoms with E-state index in [0.29, 0.717) is 11.4 Å². The molecule has 1 atom stereocenters. The van der Waals surface area contributed by atoms with Crippen LogP contribution in [0.3, 0.4) is 0 Å². The number of benzene rings is 2. The lowest BCUT2D eigenvalue weighted by molar-refractivity contribution is -0.120. The Hall–Kier alpha value is -2.74. The zero-order chi connectivity index (χ0) is 22.3. The Morgan fingerprint density at radius 3 is 2.43 bits per heavy atom. The van der Waals surface area contributed by atoms with Crippen LogP contribution < -0.4 is 19.1 Å². The number of carbonyl (C=O) groups is 1. The first-order valence-electron chi connectivity index (χ1n) is 9.78. The number of anilines is 1. The zero-order valence-corrected chi connectivity index (χ0v) is 18.9. The number of carbonyl (C=O) groups excluding carboxylic acids is 1. The van der Waals surface area contributed by atoms with Crippen LogP contribution in [-0.2, 0) is 14.8 Å². The van der Waals surface area contributed by atoms with Crippen molar-refractivity contribution in [2.75, 3.05) is 23.7 Å². The van der Waals surface area contributed by atoms with Crippen molar-refractivity contribution in [2.45, 2.75) is 39.8 Å². The number of para-hydroxylation sites is 1. The third kappa shape index (κ3) is 7.26. The fourth-order valence-electron chi connectivity index (χ4n) is 2.81. The number of rotatable bonds is 10. The van der Waals surface area contributed by atoms with Crippen LogP contribution in [0.4, 0.5) is 5.69 Å². The molecule has 0 fully saturated rings. The molecule has 1 amide bonds. The molecule has 0 saturated heterocycles. The number of hydrogen-bond donors (Lipinski definition) is 1. The van der Waals surface area contributed by atoms with Gasteiger partial charge in [-0.05, 0) is 51.5 Å². The first kappa shape index (κ1) is 23.5. The minimum atomic E-state index is -3.67. The standard InChI is InChI=1S/C22H30N2O5S/c1-16(2)29-20-11-8-10-19(13-20)24(30(5,26)27)14-22(25)23-18(4)15-28-21-12-7-6-9-17(21)3/h6-13,16,18H,14-15H2,1-5H3,(H,23,25)/t18-/m1/s1. The summed E-state index contributed by atoms with van der Waals surface area (Å²) in [6.45, 7) is 7.45. The van der Waals surface area contributed by atoms with E-state index in [9.17, 15) is 13.2 Å². The van der Waals surface area contributed by atoms with Crippen molar-refractivity contribution in [2.24, 2.45) is 0 Å². The molecular formula is C22H30N2O5S. The molecule has 2 aromatic rings. The van der Waals surface area contributed by atoms with E-state index < -0.39 is 15.9 Å². The molecule has 1 N–H and O–H groups in total. The third-order valence-electron chi connectivity index (χ3n) is 4.15. The minimum Gasteiger partial charge on any atom is -0.491 e. The Kier molecular flexibility index (Phi) is 8.11. The second kappa shape index (κ2) is 10.3. The van der Waals surface area contributed by atoms with Crippen molar-refractivity contribution >= 4 is 21.6 Å². The maximum Gasteiger partial charge on any atom is 0.241 e. The lowest BCUT2D eigenvalue weighted by Gasteiger charge is -2.24. The highest BCUT2D eigenvalue weighted by Crippen LogP contribution is 2.24. The van der Waals surface area contributed by atoms with Crippen molar-refractivity contribution in [3.8, 4) is 11.5 Å². The van der Waals surface area contributed by atoms with Gasteiger partial charge < -0.3 is 14.8 Å². The van der Waals surface area contributed by atoms with Gasteiger partial charge in [0.25, 0.3) is 0 Å². The first-order valence-corrected chi connectivity index (χ1v) is 11.6. The van der Waals surface area contributed by atoms with E-state index in [0.717, 1.165) is 21.9 Å². The lowest BCUT2D eigenvalue weighted by Crippen LogP contribution is -2.44. The van der Waals surface area contributed by atoms with E-state index in [1.54, 1.807) is 31.2 Å². The van der Waals surface area contributed by atoms with Gasteiger partial charge in [0.15, 0.2) is 0 Å². The molecule has 2 aromatic carbocycles. The van der Waals surface area contributed by atoms with Crippen LogP contribution in [0.25, 0.3) is 0 Å². The Labute approximate surface area is 179 Å². The van der Waals surface area contributed by atoms with Gasteiger partial charge in [-0.2, -0.15) is 0 Å². The van der Waals surface area contributed by atoms with Crippen LogP contribution in [0.2, 0.25) is 0 Å². The van der Waals surface area contributed by atoms with Crippen LogP contribution in [0, 0.1) is 6.92 Å². The molecule has 0 aliphatic heterocycles. The summed E-state index contributed by atoms with van der Waals surface area (Å²) < 4.78 is 37.1. The predicted molar refractivity (Wildman–Crippen MR) is 119 cm³/mol. The minimum absolute atomic E-state index is 0.0515. The number of aryl methyl sites for hydroxylation is 1. The molecule has 0 aliphatic carbocycles. The molecule has 0 spiro atoms. The van der Waals surface area contributed by atoms with Crippen molar-refractivity contribution in [1.29, 1.82) is 0 Å². The number of ether oxygens (including phenoxy) is 2. The maximum absolute atomic E-state index is 12.5. The van der Waals surface area contributed by atoms with Gasteiger partial charge in [-0.1, -0.05) is 24.3 Å². The van der Waals surface area contributed by atoms with Gasteiger partial charge in [-0.3, -0.25) is 9.10 Å². The largest absolute Gasteiger partial charge is 0.491 e. The molecule has 0 saturated carbocycles. The van der Waals surface area contributed by atoms with Crippen LogP contribution >= 0.6 is 0 Å². The molecule has 30 heavy (non-hydrogen) atoms. The van der Waals surface area contributed by atoms with Gasteiger partial charge in [-0.15, -0.1) is 0 Å². The number of nitrogens with zero attached hydrogens (tertiary/aromatic N) is 1. The van der Waals surface area contributed by atoms with Crippen molar-refractivity contribution in [3.05, 3.63) is 54.1 Å². The van der Waals surface area contributed by atoms with E-state index in [4.69, 9.17) is 9.47 Å². The van der Waals surface area contributed by atoms with E-state index in [1.165, 1.54) is 0 Å². The Balaban J connectivity index is 2.03. The summed E-state index contributed by atoms with van der Waals surface area (Å²) in [5, 5.41) is 2.79. The summed E-state index contributed by atoms with van der Waals surface area (Å²) in [4.78, 5) is 12.5. The van der Waals surface area contributed by atoms with Crippen molar-refractivity contribution in [1.82, 2.24) is 5.32 Å². The van der Waals surface area contributed by atoms with E-state index >= 15 is 0 Å². The molecule has 0 bridgehead atoms. The molecule has 0 aliphatic rings. The van der Waals surface area contributed by atoms with Crippen molar-refractivity contribution in [3.63, 3.8) is 0 Å². The highest BCUT2D eigenvalue weighted by atomic mass is 32.2. The van der Waals surface area contributed by atoms with E-state index in [-0.39, 0.29) is 25.3 Å². The van der Waals surface area contributed by atoms with Crippen molar-refractivity contribution < 1.29 is 22.7 Å². The van der Waals surface area contributed by atoms with Gasteiger partial charge in [0, 0.05) is 6.07 Å². The highest BCUT2D eigenvalue weighted by molar-refractivity contribution is 7.92. The number of hydrogen-bond acceptors (Lipinski definition) is 5. The highest BCUT2D eigenvalue weighted by Gasteiger charge is 2.22. The molecular weight excluding hydrogens is 404 g/mol. The topological polar surface area (TPSA) is 84.9 Å². The first-order chi connectivity index (χ1) is 14.1. The number of sulfonamides is 1. The smallest absolute Gasteiger partial charge is 0.241 e. The second-order valence-corrected chi connectivity index (χ2v) is 9.39. The Morgan fingerprint density at radius 1 is 1.10 bits per heavy atom. The molecule has 0 radical (unpaired) electrons. The fourth-order valence-corrected chi connectivity index (χ4v) is 3.66. The summed E-state index contributed by atoms with van der Waals surface area (Å²) in [6, 6.07) is 14.0. The van der Waals surface area contributed by atoms with Gasteiger partial charge in [0.2, 0.25) is 15.9 Å². The third-order valence-corrected chi connectivity index (χ3v) is 5.30. The quantitative estimate of drug-likeness (QED) is 0.621. The van der Waals surface area contributed by atoms with Crippen LogP contribution in [0.1, 0.15) is 26.3 Å². The summed E-state index contributed by atoms with van der Waals surface area (Å²) in [5.41, 5.74) is 1.37. The van der Waals surface area contributed by atoms with Gasteiger partial charge in [0.05, 0.1) is 24.1 Å². The number of nitrogens with one attached hydrogen (secondary N) is 1. The Bertz CT molecular complexity index is 960. The SMILES string of the molecule is Cc1ccccc1OC[C@@H](C)NC(=O)CN(c1cccc(OC(C)C)c1)S(C)(=O)=O. The molecule has 2 rings (SSSR count). The average Bonchev–Trinajstić information content (AvgIpc) is 2.64. The predicted octanol–water partition coefficient (Wildman–Crippen LogP) is 3.13. The summed E-state index contributed by atoms with van der Waals surface area (Å²) in [5.74, 6) is 0.867. The molecule has 0 aromatic heterocycles. The monoisotopic (exact) mass is 434 g/mol. The van der Waals surface area contributed by atoms with Crippen LogP contribution in [-0.4, -0.2) is 45.9 Å². The lowest BCUT2D eigenvalue weighted by atomic mass is 10.2. The Morgan fingerprint density at radius 2 is 1.80 bits per heavy atom. The normalized spacial score (nSPS) is 12.3. The average molecular weight is 435 g/mol. The molecule has 0 heterocycles. The van der Waals surface area contributed by atoms with Gasteiger partial charge in [0.1, 0.15) is 24.7 Å². The van der Waals surface area contributed by atoms with E-state index in [2.05, 4.69) is 5.32 Å². The summed E-state index contributed by atoms with van der Waals surface area (Å²) in [6.07, 6.45) is 1.02. The van der Waals surface area contributed by atoms with Crippen LogP contribution in [0.5, 0.6) is 11.5 Å². The molecule has 0 unspecified atom stereocenters. The second-order valence-electron chi connectivity index (χ2n) is 7.48. The fraction of sp³-hybridized carbons (Fsp3) is 0.409. The zero-order valence-electron chi connectivity index (χ0n) is 18.1. The summed E-state index contributed by atoms with van der Waals surface area (Å²) >= 11 is 0. The summed E-state index contributed by atoms with van der Waals surface area (Å²) in [7, 11) is -3.67. The van der Waals surface area contributed by atoms with E-state index in [1.807, 2.05) is 45.0 Å². The van der Waals surface area contributed by atoms with Gasteiger partial charge >= 0.3 is 0 Å². The van der Waals surface area contributed by atoms with Gasteiger partial charge in [-0.25, -0.2) is 8.42 Å². The molecule has 164 valence electrons. The van der Waals surface area contributed by atoms with Crippen LogP contribution in [0.15, 0.2) is 48.5 Å². The number of amides is 1. The molecule has 8 heteroatoms. The molecule has 7 nitrogen and oxygen atoms in total.